The van der Waals surface area contributed by atoms with Crippen LogP contribution in [0.5, 0.6) is 0 Å². The second-order valence-electron chi connectivity index (χ2n) is 5.20. The molecule has 5 nitrogen and oxygen atoms in total. The van der Waals surface area contributed by atoms with Crippen LogP contribution >= 0.6 is 0 Å². The average Bonchev–Trinajstić information content (AvgIpc) is 2.52. The number of aryl methyl sites for hydroxylation is 1. The maximum Gasteiger partial charge on any atom is 0.241 e. The largest absolute Gasteiger partial charge is 0.342 e. The first-order valence-electron chi connectivity index (χ1n) is 7.81. The van der Waals surface area contributed by atoms with E-state index in [9.17, 15) is 13.2 Å². The van der Waals surface area contributed by atoms with Gasteiger partial charge in [0, 0.05) is 13.1 Å². The third-order valence-corrected chi connectivity index (χ3v) is 4.81. The molecule has 0 heterocycles. The molecule has 1 amide bonds. The Labute approximate surface area is 133 Å². The van der Waals surface area contributed by atoms with Crippen molar-refractivity contribution in [2.24, 2.45) is 0 Å². The van der Waals surface area contributed by atoms with Crippen LogP contribution in [0, 0.1) is 0 Å². The normalized spacial score (nSPS) is 11.4. The number of hydrogen-bond acceptors (Lipinski definition) is 3. The lowest BCUT2D eigenvalue weighted by molar-refractivity contribution is -0.130. The molecule has 0 fully saturated rings. The van der Waals surface area contributed by atoms with Gasteiger partial charge >= 0.3 is 0 Å². The van der Waals surface area contributed by atoms with Crippen LogP contribution in [0.15, 0.2) is 29.2 Å². The number of nitrogens with one attached hydrogen (secondary N) is 1. The summed E-state index contributed by atoms with van der Waals surface area (Å²) in [6, 6.07) is 6.72. The predicted molar refractivity (Wildman–Crippen MR) is 88.2 cm³/mol. The molecule has 0 aliphatic carbocycles. The van der Waals surface area contributed by atoms with E-state index in [-0.39, 0.29) is 17.3 Å². The van der Waals surface area contributed by atoms with Gasteiger partial charge in [-0.15, -0.1) is 0 Å². The summed E-state index contributed by atoms with van der Waals surface area (Å²) in [6.45, 7) is 7.11. The standard InChI is InChI=1S/C16H26N2O3S/c1-4-11-18(12-5-2)16(19)13-17-22(20,21)15-9-7-14(6-3)8-10-15/h7-10,17H,4-6,11-13H2,1-3H3. The lowest BCUT2D eigenvalue weighted by Gasteiger charge is -2.21. The van der Waals surface area contributed by atoms with Crippen molar-refractivity contribution in [1.29, 1.82) is 0 Å². The summed E-state index contributed by atoms with van der Waals surface area (Å²) in [4.78, 5) is 14.0. The molecule has 0 saturated heterocycles. The number of amides is 1. The van der Waals surface area contributed by atoms with Crippen LogP contribution < -0.4 is 4.72 Å². The van der Waals surface area contributed by atoms with E-state index in [1.807, 2.05) is 20.8 Å². The molecule has 0 aliphatic heterocycles. The van der Waals surface area contributed by atoms with E-state index in [4.69, 9.17) is 0 Å². The second-order valence-corrected chi connectivity index (χ2v) is 6.97. The van der Waals surface area contributed by atoms with E-state index in [0.29, 0.717) is 13.1 Å². The molecule has 0 saturated carbocycles. The quantitative estimate of drug-likeness (QED) is 0.756. The number of carbonyl (C=O) groups is 1. The Bertz CT molecular complexity index is 562. The zero-order valence-corrected chi connectivity index (χ0v) is 14.4. The van der Waals surface area contributed by atoms with Gasteiger partial charge in [-0.1, -0.05) is 32.9 Å². The minimum absolute atomic E-state index is 0.183. The van der Waals surface area contributed by atoms with E-state index in [2.05, 4.69) is 4.72 Å². The van der Waals surface area contributed by atoms with Crippen LogP contribution in [0.2, 0.25) is 0 Å². The fourth-order valence-corrected chi connectivity index (χ4v) is 3.13. The molecule has 0 bridgehead atoms. The Morgan fingerprint density at radius 3 is 2.05 bits per heavy atom. The Morgan fingerprint density at radius 2 is 1.59 bits per heavy atom. The summed E-state index contributed by atoms with van der Waals surface area (Å²) in [7, 11) is -3.64. The molecule has 0 aromatic heterocycles. The van der Waals surface area contributed by atoms with E-state index < -0.39 is 10.0 Å². The highest BCUT2D eigenvalue weighted by atomic mass is 32.2. The van der Waals surface area contributed by atoms with Crippen LogP contribution in [0.25, 0.3) is 0 Å². The van der Waals surface area contributed by atoms with E-state index in [1.54, 1.807) is 29.2 Å². The van der Waals surface area contributed by atoms with Crippen molar-refractivity contribution in [2.45, 2.75) is 44.9 Å². The summed E-state index contributed by atoms with van der Waals surface area (Å²) < 4.78 is 26.8. The van der Waals surface area contributed by atoms with Gasteiger partial charge in [-0.2, -0.15) is 0 Å². The van der Waals surface area contributed by atoms with Crippen molar-refractivity contribution in [3.63, 3.8) is 0 Å². The monoisotopic (exact) mass is 326 g/mol. The fourth-order valence-electron chi connectivity index (χ4n) is 2.16. The van der Waals surface area contributed by atoms with Crippen LogP contribution in [-0.2, 0) is 21.2 Å². The molecule has 0 unspecified atom stereocenters. The zero-order chi connectivity index (χ0) is 16.6. The molecule has 124 valence electrons. The maximum absolute atomic E-state index is 12.2. The third kappa shape index (κ3) is 5.42. The summed E-state index contributed by atoms with van der Waals surface area (Å²) in [5.41, 5.74) is 1.08. The number of rotatable bonds is 9. The topological polar surface area (TPSA) is 66.5 Å². The van der Waals surface area contributed by atoms with Gasteiger partial charge in [-0.25, -0.2) is 13.1 Å². The minimum Gasteiger partial charge on any atom is -0.342 e. The summed E-state index contributed by atoms with van der Waals surface area (Å²) >= 11 is 0. The fraction of sp³-hybridized carbons (Fsp3) is 0.562. The van der Waals surface area contributed by atoms with Crippen molar-refractivity contribution in [1.82, 2.24) is 9.62 Å². The van der Waals surface area contributed by atoms with E-state index in [0.717, 1.165) is 24.8 Å². The lowest BCUT2D eigenvalue weighted by atomic mass is 10.2. The summed E-state index contributed by atoms with van der Waals surface area (Å²) in [6.07, 6.45) is 2.57. The molecular formula is C16H26N2O3S. The average molecular weight is 326 g/mol. The van der Waals surface area contributed by atoms with Crippen LogP contribution in [0.4, 0.5) is 0 Å². The molecule has 1 N–H and O–H groups in total. The number of benzene rings is 1. The number of carbonyl (C=O) groups excluding carboxylic acids is 1. The van der Waals surface area contributed by atoms with Crippen molar-refractivity contribution in [2.75, 3.05) is 19.6 Å². The van der Waals surface area contributed by atoms with Gasteiger partial charge in [0.25, 0.3) is 0 Å². The Hall–Kier alpha value is -1.40. The SMILES string of the molecule is CCCN(CCC)C(=O)CNS(=O)(=O)c1ccc(CC)cc1. The molecule has 0 aliphatic rings. The third-order valence-electron chi connectivity index (χ3n) is 3.40. The maximum atomic E-state index is 12.2. The van der Waals surface area contributed by atoms with Gasteiger partial charge in [0.15, 0.2) is 0 Å². The first-order valence-corrected chi connectivity index (χ1v) is 9.29. The van der Waals surface area contributed by atoms with E-state index >= 15 is 0 Å². The lowest BCUT2D eigenvalue weighted by Crippen LogP contribution is -2.40. The van der Waals surface area contributed by atoms with Crippen LogP contribution in [0.3, 0.4) is 0 Å². The van der Waals surface area contributed by atoms with Gasteiger partial charge in [0.1, 0.15) is 0 Å². The van der Waals surface area contributed by atoms with Crippen molar-refractivity contribution >= 4 is 15.9 Å². The highest BCUT2D eigenvalue weighted by molar-refractivity contribution is 7.89. The van der Waals surface area contributed by atoms with Crippen molar-refractivity contribution in [3.05, 3.63) is 29.8 Å². The Morgan fingerprint density at radius 1 is 1.05 bits per heavy atom. The Balaban J connectivity index is 2.69. The predicted octanol–water partition coefficient (Wildman–Crippen LogP) is 2.18. The molecule has 1 rings (SSSR count). The molecule has 0 atom stereocenters. The minimum atomic E-state index is -3.64. The first-order chi connectivity index (χ1) is 10.4. The van der Waals surface area contributed by atoms with Crippen LogP contribution in [-0.4, -0.2) is 38.9 Å². The summed E-state index contributed by atoms with van der Waals surface area (Å²) in [5.74, 6) is -0.183. The van der Waals surface area contributed by atoms with Gasteiger partial charge in [-0.05, 0) is 37.0 Å². The van der Waals surface area contributed by atoms with Gasteiger partial charge in [0.05, 0.1) is 11.4 Å². The molecule has 1 aromatic carbocycles. The van der Waals surface area contributed by atoms with Crippen LogP contribution in [0.1, 0.15) is 39.2 Å². The molecule has 1 aromatic rings. The zero-order valence-electron chi connectivity index (χ0n) is 13.6. The van der Waals surface area contributed by atoms with E-state index in [1.165, 1.54) is 0 Å². The van der Waals surface area contributed by atoms with Gasteiger partial charge in [-0.3, -0.25) is 4.79 Å². The molecule has 22 heavy (non-hydrogen) atoms. The van der Waals surface area contributed by atoms with Gasteiger partial charge in [0.2, 0.25) is 15.9 Å². The second kappa shape index (κ2) is 8.90. The number of nitrogens with zero attached hydrogens (tertiary/aromatic N) is 1. The Kier molecular flexibility index (Phi) is 7.55. The first kappa shape index (κ1) is 18.6. The molecule has 0 radical (unpaired) electrons. The summed E-state index contributed by atoms with van der Waals surface area (Å²) in [5, 5.41) is 0. The molecule has 0 spiro atoms. The highest BCUT2D eigenvalue weighted by Gasteiger charge is 2.18. The van der Waals surface area contributed by atoms with Crippen molar-refractivity contribution in [3.8, 4) is 0 Å². The van der Waals surface area contributed by atoms with Crippen molar-refractivity contribution < 1.29 is 13.2 Å². The highest BCUT2D eigenvalue weighted by Crippen LogP contribution is 2.10. The van der Waals surface area contributed by atoms with Gasteiger partial charge < -0.3 is 4.90 Å². The molecular weight excluding hydrogens is 300 g/mol. The number of sulfonamides is 1. The number of hydrogen-bond donors (Lipinski definition) is 1. The molecule has 6 heteroatoms. The smallest absolute Gasteiger partial charge is 0.241 e.